The maximum absolute atomic E-state index is 12.1. The Morgan fingerprint density at radius 1 is 1.10 bits per heavy atom. The summed E-state index contributed by atoms with van der Waals surface area (Å²) >= 11 is 0. The topological polar surface area (TPSA) is 35.5 Å². The van der Waals surface area contributed by atoms with Gasteiger partial charge in [0, 0.05) is 12.0 Å². The molecule has 3 nitrogen and oxygen atoms in total. The second kappa shape index (κ2) is 6.83. The van der Waals surface area contributed by atoms with E-state index in [0.29, 0.717) is 11.3 Å². The van der Waals surface area contributed by atoms with Crippen molar-refractivity contribution in [2.45, 2.75) is 13.0 Å². The zero-order chi connectivity index (χ0) is 15.2. The Labute approximate surface area is 121 Å². The lowest BCUT2D eigenvalue weighted by atomic mass is 10.0. The molecule has 5 heteroatoms. The van der Waals surface area contributed by atoms with Gasteiger partial charge in [-0.2, -0.15) is 8.78 Å². The molecule has 0 aliphatic carbocycles. The zero-order valence-electron chi connectivity index (χ0n) is 11.4. The van der Waals surface area contributed by atoms with E-state index in [1.165, 1.54) is 24.3 Å². The molecule has 0 aliphatic rings. The molecule has 0 bridgehead atoms. The highest BCUT2D eigenvalue weighted by molar-refractivity contribution is 5.97. The Kier molecular flexibility index (Phi) is 4.87. The minimum atomic E-state index is -2.87. The molecule has 0 saturated carbocycles. The van der Waals surface area contributed by atoms with Crippen molar-refractivity contribution in [1.82, 2.24) is 0 Å². The lowest BCUT2D eigenvalue weighted by molar-refractivity contribution is -0.0498. The molecule has 2 aromatic carbocycles. The van der Waals surface area contributed by atoms with E-state index in [0.717, 1.165) is 5.56 Å². The van der Waals surface area contributed by atoms with Crippen LogP contribution in [0.5, 0.6) is 11.5 Å². The van der Waals surface area contributed by atoms with Gasteiger partial charge in [0.1, 0.15) is 11.5 Å². The zero-order valence-corrected chi connectivity index (χ0v) is 11.4. The molecule has 0 unspecified atom stereocenters. The Balaban J connectivity index is 2.05. The second-order valence-corrected chi connectivity index (χ2v) is 4.35. The normalized spacial score (nSPS) is 10.5. The lowest BCUT2D eigenvalue weighted by Gasteiger charge is -2.06. The molecule has 0 radical (unpaired) electrons. The predicted molar refractivity (Wildman–Crippen MR) is 74.1 cm³/mol. The van der Waals surface area contributed by atoms with Crippen molar-refractivity contribution in [3.8, 4) is 11.5 Å². The van der Waals surface area contributed by atoms with Gasteiger partial charge in [0.05, 0.1) is 7.11 Å². The average Bonchev–Trinajstić information content (AvgIpc) is 2.47. The molecule has 2 aromatic rings. The number of hydrogen-bond acceptors (Lipinski definition) is 3. The molecular weight excluding hydrogens is 278 g/mol. The maximum atomic E-state index is 12.1. The van der Waals surface area contributed by atoms with Gasteiger partial charge in [-0.25, -0.2) is 0 Å². The first-order chi connectivity index (χ1) is 10.1. The highest BCUT2D eigenvalue weighted by Gasteiger charge is 2.09. The SMILES string of the molecule is COc1cccc(CC(=O)c2ccc(OC(F)F)cc2)c1. The van der Waals surface area contributed by atoms with Crippen LogP contribution in [0.15, 0.2) is 48.5 Å². The van der Waals surface area contributed by atoms with Crippen LogP contribution < -0.4 is 9.47 Å². The molecule has 2 rings (SSSR count). The van der Waals surface area contributed by atoms with Crippen molar-refractivity contribution in [3.05, 3.63) is 59.7 Å². The van der Waals surface area contributed by atoms with E-state index in [4.69, 9.17) is 4.74 Å². The van der Waals surface area contributed by atoms with Crippen LogP contribution in [0.25, 0.3) is 0 Å². The summed E-state index contributed by atoms with van der Waals surface area (Å²) in [5.74, 6) is 0.607. The number of halogens is 2. The van der Waals surface area contributed by atoms with Crippen LogP contribution in [0.1, 0.15) is 15.9 Å². The van der Waals surface area contributed by atoms with Crippen LogP contribution in [-0.4, -0.2) is 19.5 Å². The number of ketones is 1. The van der Waals surface area contributed by atoms with Crippen LogP contribution in [0.2, 0.25) is 0 Å². The Bertz CT molecular complexity index is 609. The fourth-order valence-corrected chi connectivity index (χ4v) is 1.89. The molecule has 0 amide bonds. The number of Topliss-reactive ketones (excluding diaryl/α,β-unsaturated/α-hetero) is 1. The second-order valence-electron chi connectivity index (χ2n) is 4.35. The molecule has 0 N–H and O–H groups in total. The minimum Gasteiger partial charge on any atom is -0.497 e. The Morgan fingerprint density at radius 3 is 2.43 bits per heavy atom. The van der Waals surface area contributed by atoms with Crippen LogP contribution in [-0.2, 0) is 6.42 Å². The monoisotopic (exact) mass is 292 g/mol. The first kappa shape index (κ1) is 15.0. The van der Waals surface area contributed by atoms with E-state index in [2.05, 4.69) is 4.74 Å². The van der Waals surface area contributed by atoms with Gasteiger partial charge in [-0.1, -0.05) is 12.1 Å². The minimum absolute atomic E-state index is 0.0305. The molecule has 110 valence electrons. The van der Waals surface area contributed by atoms with Crippen molar-refractivity contribution in [3.63, 3.8) is 0 Å². The van der Waals surface area contributed by atoms with Gasteiger partial charge in [0.25, 0.3) is 0 Å². The highest BCUT2D eigenvalue weighted by atomic mass is 19.3. The number of benzene rings is 2. The molecule has 0 spiro atoms. The summed E-state index contributed by atoms with van der Waals surface area (Å²) in [6, 6.07) is 12.9. The summed E-state index contributed by atoms with van der Waals surface area (Å²) in [6.45, 7) is -2.87. The summed E-state index contributed by atoms with van der Waals surface area (Å²) in [5, 5.41) is 0. The van der Waals surface area contributed by atoms with Crippen LogP contribution in [0, 0.1) is 0 Å². The average molecular weight is 292 g/mol. The number of rotatable bonds is 6. The van der Waals surface area contributed by atoms with Crippen LogP contribution >= 0.6 is 0 Å². The number of alkyl halides is 2. The predicted octanol–water partition coefficient (Wildman–Crippen LogP) is 3.72. The third kappa shape index (κ3) is 4.27. The van der Waals surface area contributed by atoms with Gasteiger partial charge < -0.3 is 9.47 Å². The van der Waals surface area contributed by atoms with E-state index in [1.54, 1.807) is 25.3 Å². The van der Waals surface area contributed by atoms with Crippen molar-refractivity contribution in [2.75, 3.05) is 7.11 Å². The lowest BCUT2D eigenvalue weighted by Crippen LogP contribution is -2.05. The Hall–Kier alpha value is -2.43. The van der Waals surface area contributed by atoms with E-state index >= 15 is 0 Å². The fourth-order valence-electron chi connectivity index (χ4n) is 1.89. The molecular formula is C16H14F2O3. The van der Waals surface area contributed by atoms with Crippen LogP contribution in [0.4, 0.5) is 8.78 Å². The third-order valence-corrected chi connectivity index (χ3v) is 2.90. The maximum Gasteiger partial charge on any atom is 0.387 e. The fraction of sp³-hybridized carbons (Fsp3) is 0.188. The number of ether oxygens (including phenoxy) is 2. The first-order valence-corrected chi connectivity index (χ1v) is 6.29. The summed E-state index contributed by atoms with van der Waals surface area (Å²) in [4.78, 5) is 12.1. The molecule has 0 heterocycles. The first-order valence-electron chi connectivity index (χ1n) is 6.29. The largest absolute Gasteiger partial charge is 0.497 e. The van der Waals surface area contributed by atoms with E-state index in [9.17, 15) is 13.6 Å². The molecule has 0 saturated heterocycles. The van der Waals surface area contributed by atoms with E-state index in [-0.39, 0.29) is 18.0 Å². The van der Waals surface area contributed by atoms with Crippen molar-refractivity contribution < 1.29 is 23.0 Å². The quantitative estimate of drug-likeness (QED) is 0.761. The van der Waals surface area contributed by atoms with Gasteiger partial charge in [-0.05, 0) is 42.0 Å². The van der Waals surface area contributed by atoms with Gasteiger partial charge in [-0.15, -0.1) is 0 Å². The molecule has 0 aromatic heterocycles. The van der Waals surface area contributed by atoms with Gasteiger partial charge in [-0.3, -0.25) is 4.79 Å². The third-order valence-electron chi connectivity index (χ3n) is 2.90. The van der Waals surface area contributed by atoms with Crippen molar-refractivity contribution in [1.29, 1.82) is 0 Å². The van der Waals surface area contributed by atoms with E-state index in [1.807, 2.05) is 6.07 Å². The van der Waals surface area contributed by atoms with Crippen molar-refractivity contribution in [2.24, 2.45) is 0 Å². The summed E-state index contributed by atoms with van der Waals surface area (Å²) in [7, 11) is 1.56. The van der Waals surface area contributed by atoms with Gasteiger partial charge >= 0.3 is 6.61 Å². The van der Waals surface area contributed by atoms with Crippen LogP contribution in [0.3, 0.4) is 0 Å². The summed E-state index contributed by atoms with van der Waals surface area (Å²) < 4.78 is 33.4. The molecule has 0 aliphatic heterocycles. The number of carbonyl (C=O) groups excluding carboxylic acids is 1. The highest BCUT2D eigenvalue weighted by Crippen LogP contribution is 2.18. The van der Waals surface area contributed by atoms with Crippen molar-refractivity contribution >= 4 is 5.78 Å². The summed E-state index contributed by atoms with van der Waals surface area (Å²) in [6.07, 6.45) is 0.215. The smallest absolute Gasteiger partial charge is 0.387 e. The van der Waals surface area contributed by atoms with Gasteiger partial charge in [0.15, 0.2) is 5.78 Å². The molecule has 0 atom stereocenters. The van der Waals surface area contributed by atoms with Gasteiger partial charge in [0.2, 0.25) is 0 Å². The molecule has 21 heavy (non-hydrogen) atoms. The number of hydrogen-bond donors (Lipinski definition) is 0. The molecule has 0 fully saturated rings. The number of carbonyl (C=O) groups is 1. The van der Waals surface area contributed by atoms with E-state index < -0.39 is 6.61 Å². The Morgan fingerprint density at radius 2 is 1.81 bits per heavy atom. The summed E-state index contributed by atoms with van der Waals surface area (Å²) in [5.41, 5.74) is 1.27. The number of methoxy groups -OCH3 is 1. The standard InChI is InChI=1S/C16H14F2O3/c1-20-14-4-2-3-11(9-14)10-15(19)12-5-7-13(8-6-12)21-16(17)18/h2-9,16H,10H2,1H3.